The number of ether oxygens (including phenoxy) is 1. The SMILES string of the molecule is COCc1nc(C(=O)N2CCC[C@H]2Cn2cccn2)cs1. The highest BCUT2D eigenvalue weighted by Gasteiger charge is 2.30. The molecule has 0 aliphatic carbocycles. The number of aromatic nitrogens is 3. The minimum absolute atomic E-state index is 0.0169. The van der Waals surface area contributed by atoms with E-state index in [0.29, 0.717) is 12.3 Å². The van der Waals surface area contributed by atoms with Gasteiger partial charge < -0.3 is 9.64 Å². The van der Waals surface area contributed by atoms with E-state index in [1.54, 1.807) is 13.3 Å². The number of amides is 1. The number of rotatable bonds is 5. The molecule has 2 aromatic rings. The van der Waals surface area contributed by atoms with Gasteiger partial charge in [-0.25, -0.2) is 4.98 Å². The van der Waals surface area contributed by atoms with Crippen molar-refractivity contribution in [2.24, 2.45) is 0 Å². The Morgan fingerprint density at radius 1 is 1.57 bits per heavy atom. The largest absolute Gasteiger partial charge is 0.378 e. The maximum absolute atomic E-state index is 12.6. The van der Waals surface area contributed by atoms with Gasteiger partial charge >= 0.3 is 0 Å². The molecule has 0 N–H and O–H groups in total. The smallest absolute Gasteiger partial charge is 0.273 e. The lowest BCUT2D eigenvalue weighted by molar-refractivity contribution is 0.0716. The van der Waals surface area contributed by atoms with Gasteiger partial charge in [0.05, 0.1) is 19.2 Å². The predicted octanol–water partition coefficient (Wildman–Crippen LogP) is 1.79. The molecule has 1 aliphatic rings. The minimum Gasteiger partial charge on any atom is -0.378 e. The monoisotopic (exact) mass is 306 g/mol. The van der Waals surface area contributed by atoms with Crippen LogP contribution in [0.2, 0.25) is 0 Å². The molecule has 1 atom stereocenters. The van der Waals surface area contributed by atoms with Crippen molar-refractivity contribution in [3.63, 3.8) is 0 Å². The molecule has 0 radical (unpaired) electrons. The second-order valence-corrected chi connectivity index (χ2v) is 6.02. The Morgan fingerprint density at radius 3 is 3.24 bits per heavy atom. The van der Waals surface area contributed by atoms with Crippen LogP contribution in [0.3, 0.4) is 0 Å². The summed E-state index contributed by atoms with van der Waals surface area (Å²) in [4.78, 5) is 18.9. The summed E-state index contributed by atoms with van der Waals surface area (Å²) in [7, 11) is 1.63. The van der Waals surface area contributed by atoms with E-state index < -0.39 is 0 Å². The van der Waals surface area contributed by atoms with E-state index in [0.717, 1.165) is 30.9 Å². The maximum Gasteiger partial charge on any atom is 0.273 e. The molecular formula is C14H18N4O2S. The van der Waals surface area contributed by atoms with Crippen LogP contribution in [0, 0.1) is 0 Å². The Balaban J connectivity index is 1.70. The van der Waals surface area contributed by atoms with E-state index in [2.05, 4.69) is 10.1 Å². The van der Waals surface area contributed by atoms with E-state index in [1.165, 1.54) is 11.3 Å². The van der Waals surface area contributed by atoms with Crippen molar-refractivity contribution in [2.75, 3.05) is 13.7 Å². The Bertz CT molecular complexity index is 596. The molecule has 0 bridgehead atoms. The fraction of sp³-hybridized carbons (Fsp3) is 0.500. The zero-order chi connectivity index (χ0) is 14.7. The molecule has 21 heavy (non-hydrogen) atoms. The van der Waals surface area contributed by atoms with Gasteiger partial charge in [0, 0.05) is 31.4 Å². The normalized spacial score (nSPS) is 18.3. The molecule has 3 rings (SSSR count). The molecule has 0 spiro atoms. The molecule has 0 unspecified atom stereocenters. The average molecular weight is 306 g/mol. The van der Waals surface area contributed by atoms with Crippen LogP contribution < -0.4 is 0 Å². The Hall–Kier alpha value is -1.73. The highest BCUT2D eigenvalue weighted by atomic mass is 32.1. The lowest BCUT2D eigenvalue weighted by Crippen LogP contribution is -2.38. The molecule has 1 aliphatic heterocycles. The molecule has 6 nitrogen and oxygen atoms in total. The first-order valence-electron chi connectivity index (χ1n) is 6.99. The summed E-state index contributed by atoms with van der Waals surface area (Å²) < 4.78 is 6.93. The number of carbonyl (C=O) groups excluding carboxylic acids is 1. The van der Waals surface area contributed by atoms with E-state index in [9.17, 15) is 4.79 Å². The van der Waals surface area contributed by atoms with Gasteiger partial charge in [-0.3, -0.25) is 9.48 Å². The van der Waals surface area contributed by atoms with Gasteiger partial charge in [-0.1, -0.05) is 0 Å². The third-order valence-corrected chi connectivity index (χ3v) is 4.46. The van der Waals surface area contributed by atoms with Crippen LogP contribution >= 0.6 is 11.3 Å². The van der Waals surface area contributed by atoms with Gasteiger partial charge in [0.15, 0.2) is 0 Å². The van der Waals surface area contributed by atoms with E-state index >= 15 is 0 Å². The van der Waals surface area contributed by atoms with Crippen molar-refractivity contribution in [2.45, 2.75) is 32.0 Å². The summed E-state index contributed by atoms with van der Waals surface area (Å²) in [5.41, 5.74) is 0.527. The van der Waals surface area contributed by atoms with Crippen molar-refractivity contribution in [3.05, 3.63) is 34.5 Å². The molecule has 1 saturated heterocycles. The van der Waals surface area contributed by atoms with Crippen molar-refractivity contribution in [1.82, 2.24) is 19.7 Å². The number of nitrogens with zero attached hydrogens (tertiary/aromatic N) is 4. The topological polar surface area (TPSA) is 60.2 Å². The van der Waals surface area contributed by atoms with Gasteiger partial charge in [-0.2, -0.15) is 5.10 Å². The molecule has 112 valence electrons. The lowest BCUT2D eigenvalue weighted by Gasteiger charge is -2.23. The summed E-state index contributed by atoms with van der Waals surface area (Å²) in [5, 5.41) is 6.88. The van der Waals surface area contributed by atoms with Gasteiger partial charge in [0.1, 0.15) is 10.7 Å². The van der Waals surface area contributed by atoms with Crippen molar-refractivity contribution >= 4 is 17.2 Å². The summed E-state index contributed by atoms with van der Waals surface area (Å²) in [6.45, 7) is 1.99. The highest BCUT2D eigenvalue weighted by molar-refractivity contribution is 7.09. The number of methoxy groups -OCH3 is 1. The van der Waals surface area contributed by atoms with Crippen LogP contribution in [0.25, 0.3) is 0 Å². The predicted molar refractivity (Wildman–Crippen MR) is 79.1 cm³/mol. The highest BCUT2D eigenvalue weighted by Crippen LogP contribution is 2.22. The quantitative estimate of drug-likeness (QED) is 0.845. The first-order chi connectivity index (χ1) is 10.3. The average Bonchev–Trinajstić information content (AvgIpc) is 3.20. The number of carbonyl (C=O) groups is 1. The van der Waals surface area contributed by atoms with E-state index in [1.807, 2.05) is 27.2 Å². The molecular weight excluding hydrogens is 288 g/mol. The van der Waals surface area contributed by atoms with E-state index in [4.69, 9.17) is 4.74 Å². The van der Waals surface area contributed by atoms with E-state index in [-0.39, 0.29) is 11.9 Å². The first-order valence-corrected chi connectivity index (χ1v) is 7.87. The van der Waals surface area contributed by atoms with Crippen LogP contribution in [0.4, 0.5) is 0 Å². The molecule has 2 aromatic heterocycles. The van der Waals surface area contributed by atoms with Gasteiger partial charge in [0.25, 0.3) is 5.91 Å². The van der Waals surface area contributed by atoms with Crippen molar-refractivity contribution < 1.29 is 9.53 Å². The Kier molecular flexibility index (Phi) is 4.31. The zero-order valence-electron chi connectivity index (χ0n) is 11.9. The molecule has 3 heterocycles. The second-order valence-electron chi connectivity index (χ2n) is 5.08. The standard InChI is InChI=1S/C14H18N4O2S/c1-20-9-13-16-12(10-21-13)14(19)18-7-2-4-11(18)8-17-6-3-5-15-17/h3,5-6,10-11H,2,4,7-9H2,1H3/t11-/m0/s1. The third kappa shape index (κ3) is 3.14. The number of hydrogen-bond acceptors (Lipinski definition) is 5. The summed E-state index contributed by atoms with van der Waals surface area (Å²) in [6.07, 6.45) is 5.74. The number of hydrogen-bond donors (Lipinski definition) is 0. The molecule has 0 saturated carbocycles. The van der Waals surface area contributed by atoms with Crippen LogP contribution in [-0.4, -0.2) is 45.3 Å². The maximum atomic E-state index is 12.6. The summed E-state index contributed by atoms with van der Waals surface area (Å²) in [5.74, 6) is 0.0169. The molecule has 7 heteroatoms. The zero-order valence-corrected chi connectivity index (χ0v) is 12.8. The summed E-state index contributed by atoms with van der Waals surface area (Å²) >= 11 is 1.47. The molecule has 1 amide bonds. The van der Waals surface area contributed by atoms with Gasteiger partial charge in [-0.05, 0) is 18.9 Å². The van der Waals surface area contributed by atoms with Gasteiger partial charge in [-0.15, -0.1) is 11.3 Å². The van der Waals surface area contributed by atoms with Crippen LogP contribution in [-0.2, 0) is 17.9 Å². The molecule has 0 aromatic carbocycles. The minimum atomic E-state index is 0.0169. The van der Waals surface area contributed by atoms with Crippen LogP contribution in [0.15, 0.2) is 23.8 Å². The van der Waals surface area contributed by atoms with Crippen molar-refractivity contribution in [3.8, 4) is 0 Å². The van der Waals surface area contributed by atoms with Crippen molar-refractivity contribution in [1.29, 1.82) is 0 Å². The first kappa shape index (κ1) is 14.2. The number of likely N-dealkylation sites (tertiary alicyclic amines) is 1. The summed E-state index contributed by atoms with van der Waals surface area (Å²) in [6, 6.07) is 2.10. The fourth-order valence-electron chi connectivity index (χ4n) is 2.66. The third-order valence-electron chi connectivity index (χ3n) is 3.63. The number of thiazole rings is 1. The Labute approximate surface area is 127 Å². The van der Waals surface area contributed by atoms with Crippen LogP contribution in [0.1, 0.15) is 28.3 Å². The van der Waals surface area contributed by atoms with Crippen LogP contribution in [0.5, 0.6) is 0 Å². The fourth-order valence-corrected chi connectivity index (χ4v) is 3.40. The second kappa shape index (κ2) is 6.36. The van der Waals surface area contributed by atoms with Gasteiger partial charge in [0.2, 0.25) is 0 Å². The lowest BCUT2D eigenvalue weighted by atomic mass is 10.2. The Morgan fingerprint density at radius 2 is 2.48 bits per heavy atom. The molecule has 1 fully saturated rings.